The Morgan fingerprint density at radius 1 is 1.43 bits per heavy atom. The molecule has 2 heteroatoms. The lowest BCUT2D eigenvalue weighted by Crippen LogP contribution is -2.37. The van der Waals surface area contributed by atoms with Gasteiger partial charge in [-0.05, 0) is 12.2 Å². The zero-order valence-electron chi connectivity index (χ0n) is 3.83. The van der Waals surface area contributed by atoms with Gasteiger partial charge in [-0.15, -0.1) is 0 Å². The number of hydrogen-bond donors (Lipinski definition) is 1. The van der Waals surface area contributed by atoms with Gasteiger partial charge in [0.25, 0.3) is 0 Å². The van der Waals surface area contributed by atoms with Gasteiger partial charge in [0.1, 0.15) is 0 Å². The highest BCUT2D eigenvalue weighted by atomic mass is 15.5. The molecule has 1 unspecified atom stereocenters. The fourth-order valence-electron chi connectivity index (χ4n) is 0.785. The van der Waals surface area contributed by atoms with E-state index in [2.05, 4.69) is 17.6 Å². The van der Waals surface area contributed by atoms with Crippen molar-refractivity contribution >= 4 is 0 Å². The van der Waals surface area contributed by atoms with E-state index in [4.69, 9.17) is 0 Å². The minimum atomic E-state index is 0.556. The van der Waals surface area contributed by atoms with Gasteiger partial charge >= 0.3 is 0 Å². The van der Waals surface area contributed by atoms with Gasteiger partial charge in [-0.3, -0.25) is 5.01 Å². The Labute approximate surface area is 42.1 Å². The van der Waals surface area contributed by atoms with Crippen molar-refractivity contribution in [2.24, 2.45) is 0 Å². The van der Waals surface area contributed by atoms with Gasteiger partial charge < -0.3 is 5.43 Å². The van der Waals surface area contributed by atoms with E-state index in [1.54, 1.807) is 0 Å². The van der Waals surface area contributed by atoms with Crippen molar-refractivity contribution in [1.29, 1.82) is 0 Å². The number of nitrogens with zero attached hydrogens (tertiary/aromatic N) is 1. The van der Waals surface area contributed by atoms with Gasteiger partial charge in [-0.25, -0.2) is 0 Å². The molecule has 0 saturated heterocycles. The topological polar surface area (TPSA) is 15.3 Å². The number of hydrazine groups is 1. The smallest absolute Gasteiger partial charge is 0.0893 e. The molecule has 0 spiro atoms. The first kappa shape index (κ1) is 3.13. The van der Waals surface area contributed by atoms with Crippen LogP contribution in [0, 0.1) is 0 Å². The van der Waals surface area contributed by atoms with Crippen molar-refractivity contribution < 1.29 is 0 Å². The van der Waals surface area contributed by atoms with E-state index in [9.17, 15) is 0 Å². The first-order chi connectivity index (χ1) is 3.47. The third-order valence-electron chi connectivity index (χ3n) is 1.28. The van der Waals surface area contributed by atoms with Crippen LogP contribution in [0.1, 0.15) is 0 Å². The van der Waals surface area contributed by atoms with Gasteiger partial charge in [-0.2, -0.15) is 0 Å². The van der Waals surface area contributed by atoms with E-state index in [0.29, 0.717) is 6.04 Å². The first-order valence-electron chi connectivity index (χ1n) is 2.36. The van der Waals surface area contributed by atoms with E-state index in [1.165, 1.54) is 0 Å². The van der Waals surface area contributed by atoms with E-state index in [0.717, 1.165) is 0 Å². The van der Waals surface area contributed by atoms with Crippen LogP contribution in [0.5, 0.6) is 0 Å². The third-order valence-corrected chi connectivity index (χ3v) is 1.28. The maximum atomic E-state index is 3.02. The van der Waals surface area contributed by atoms with Gasteiger partial charge in [0.15, 0.2) is 0 Å². The van der Waals surface area contributed by atoms with Gasteiger partial charge in [0, 0.05) is 12.4 Å². The molecule has 0 amide bonds. The lowest BCUT2D eigenvalue weighted by atomic mass is 10.2. The Morgan fingerprint density at radius 3 is 2.71 bits per heavy atom. The molecule has 7 heavy (non-hydrogen) atoms. The first-order valence-corrected chi connectivity index (χ1v) is 2.36. The summed E-state index contributed by atoms with van der Waals surface area (Å²) in [6.07, 6.45) is 8.21. The summed E-state index contributed by atoms with van der Waals surface area (Å²) in [4.78, 5) is 0. The molecule has 0 aromatic heterocycles. The minimum Gasteiger partial charge on any atom is -0.306 e. The van der Waals surface area contributed by atoms with Crippen molar-refractivity contribution in [3.05, 3.63) is 24.6 Å². The summed E-state index contributed by atoms with van der Waals surface area (Å²) in [6, 6.07) is 0.556. The summed E-state index contributed by atoms with van der Waals surface area (Å²) in [6.45, 7) is 0. The average molecular weight is 94.1 g/mol. The summed E-state index contributed by atoms with van der Waals surface area (Å²) in [5.74, 6) is 0. The largest absolute Gasteiger partial charge is 0.306 e. The monoisotopic (exact) mass is 94.1 g/mol. The number of rotatable bonds is 0. The maximum absolute atomic E-state index is 3.02. The highest BCUT2D eigenvalue weighted by Gasteiger charge is 2.19. The Bertz CT molecular complexity index is 137. The molecule has 2 aliphatic heterocycles. The Kier molecular flexibility index (Phi) is 0.372. The second kappa shape index (κ2) is 0.832. The van der Waals surface area contributed by atoms with Gasteiger partial charge in [0.2, 0.25) is 0 Å². The van der Waals surface area contributed by atoms with Crippen LogP contribution in [0.4, 0.5) is 0 Å². The molecule has 2 rings (SSSR count). The van der Waals surface area contributed by atoms with E-state index in [-0.39, 0.29) is 0 Å². The highest BCUT2D eigenvalue weighted by Crippen LogP contribution is 2.14. The van der Waals surface area contributed by atoms with Crippen molar-refractivity contribution in [1.82, 2.24) is 10.4 Å². The lowest BCUT2D eigenvalue weighted by Gasteiger charge is -2.27. The van der Waals surface area contributed by atoms with Crippen molar-refractivity contribution in [2.75, 3.05) is 0 Å². The van der Waals surface area contributed by atoms with Crippen molar-refractivity contribution in [3.8, 4) is 0 Å². The molecule has 2 aliphatic rings. The Hall–Kier alpha value is -0.920. The molecule has 0 aromatic rings. The van der Waals surface area contributed by atoms with E-state index >= 15 is 0 Å². The molecule has 2 nitrogen and oxygen atoms in total. The van der Waals surface area contributed by atoms with Crippen LogP contribution in [0.3, 0.4) is 0 Å². The minimum absolute atomic E-state index is 0.556. The summed E-state index contributed by atoms with van der Waals surface area (Å²) >= 11 is 0. The SMILES string of the molecule is C1=CC2C=CN2N1. The number of fused-ring (bicyclic) bond motifs is 1. The third kappa shape index (κ3) is 0.243. The maximum Gasteiger partial charge on any atom is 0.0893 e. The molecule has 0 aromatic carbocycles. The van der Waals surface area contributed by atoms with Gasteiger partial charge in [-0.1, -0.05) is 0 Å². The second-order valence-electron chi connectivity index (χ2n) is 1.73. The standard InChI is InChI=1S/C5H6N2/c1-3-6-7-4-2-5(1)7/h1-6H. The molecule has 1 atom stereocenters. The molecule has 0 saturated carbocycles. The number of nitrogens with one attached hydrogen (secondary N) is 1. The zero-order valence-corrected chi connectivity index (χ0v) is 3.83. The normalized spacial score (nSPS) is 32.0. The molecule has 0 bridgehead atoms. The van der Waals surface area contributed by atoms with Crippen LogP contribution >= 0.6 is 0 Å². The van der Waals surface area contributed by atoms with Crippen LogP contribution in [-0.4, -0.2) is 11.1 Å². The Morgan fingerprint density at radius 2 is 2.43 bits per heavy atom. The summed E-state index contributed by atoms with van der Waals surface area (Å²) in [5.41, 5.74) is 3.02. The van der Waals surface area contributed by atoms with Crippen LogP contribution in [-0.2, 0) is 0 Å². The van der Waals surface area contributed by atoms with Crippen LogP contribution in [0.15, 0.2) is 24.6 Å². The molecule has 0 radical (unpaired) electrons. The van der Waals surface area contributed by atoms with E-state index < -0.39 is 0 Å². The molecule has 2 heterocycles. The lowest BCUT2D eigenvalue weighted by molar-refractivity contribution is 0.287. The average Bonchev–Trinajstić information content (AvgIpc) is 1.85. The molecule has 0 fully saturated rings. The van der Waals surface area contributed by atoms with Gasteiger partial charge in [0.05, 0.1) is 6.04 Å². The summed E-state index contributed by atoms with van der Waals surface area (Å²) in [7, 11) is 0. The molecule has 36 valence electrons. The fourth-order valence-corrected chi connectivity index (χ4v) is 0.785. The van der Waals surface area contributed by atoms with Crippen molar-refractivity contribution in [2.45, 2.75) is 6.04 Å². The summed E-state index contributed by atoms with van der Waals surface area (Å²) in [5, 5.41) is 2.04. The van der Waals surface area contributed by atoms with Crippen LogP contribution in [0.25, 0.3) is 0 Å². The quantitative estimate of drug-likeness (QED) is 0.462. The van der Waals surface area contributed by atoms with E-state index in [1.807, 2.05) is 17.4 Å². The molecular formula is C5H6N2. The summed E-state index contributed by atoms with van der Waals surface area (Å²) < 4.78 is 0. The van der Waals surface area contributed by atoms with Crippen LogP contribution < -0.4 is 5.43 Å². The predicted octanol–water partition coefficient (Wildman–Crippen LogP) is 0.216. The number of hydrogen-bond acceptors (Lipinski definition) is 2. The van der Waals surface area contributed by atoms with Crippen LogP contribution in [0.2, 0.25) is 0 Å². The fraction of sp³-hybridized carbons (Fsp3) is 0.200. The second-order valence-corrected chi connectivity index (χ2v) is 1.73. The molecule has 1 N–H and O–H groups in total. The van der Waals surface area contributed by atoms with Crippen molar-refractivity contribution in [3.63, 3.8) is 0 Å². The Balaban J connectivity index is 2.29. The highest BCUT2D eigenvalue weighted by molar-refractivity contribution is 5.19. The zero-order chi connectivity index (χ0) is 4.69. The molecule has 0 aliphatic carbocycles. The molecular weight excluding hydrogens is 88.1 g/mol. The predicted molar refractivity (Wildman–Crippen MR) is 27.0 cm³/mol.